The average Bonchev–Trinajstić information content (AvgIpc) is 2.23. The summed E-state index contributed by atoms with van der Waals surface area (Å²) >= 11 is 0. The van der Waals surface area contributed by atoms with Crippen LogP contribution in [0.4, 0.5) is 0 Å². The number of hydrogen-bond acceptors (Lipinski definition) is 2. The van der Waals surface area contributed by atoms with Gasteiger partial charge in [-0.25, -0.2) is 9.59 Å². The summed E-state index contributed by atoms with van der Waals surface area (Å²) in [6.45, 7) is 6.28. The predicted molar refractivity (Wildman–Crippen MR) is 63.5 cm³/mol. The molecule has 0 aromatic heterocycles. The van der Waals surface area contributed by atoms with E-state index in [0.717, 1.165) is 12.5 Å². The molecule has 0 bridgehead atoms. The Hall–Kier alpha value is -1.32. The molecule has 0 radical (unpaired) electrons. The molecule has 0 aliphatic carbocycles. The largest absolute Gasteiger partial charge is 0.478 e. The number of unbranched alkanes of at least 4 members (excludes halogenated alkanes) is 2. The van der Waals surface area contributed by atoms with Gasteiger partial charge in [0.25, 0.3) is 0 Å². The van der Waals surface area contributed by atoms with E-state index in [-0.39, 0.29) is 5.57 Å². The van der Waals surface area contributed by atoms with Crippen molar-refractivity contribution in [3.8, 4) is 0 Å². The summed E-state index contributed by atoms with van der Waals surface area (Å²) < 4.78 is 0. The van der Waals surface area contributed by atoms with Crippen LogP contribution in [0.5, 0.6) is 0 Å². The first kappa shape index (κ1) is 17.1. The third kappa shape index (κ3) is 12.7. The van der Waals surface area contributed by atoms with Gasteiger partial charge in [-0.3, -0.25) is 0 Å². The Morgan fingerprint density at radius 1 is 1.00 bits per heavy atom. The van der Waals surface area contributed by atoms with E-state index in [2.05, 4.69) is 13.8 Å². The van der Waals surface area contributed by atoms with Crippen LogP contribution in [0.1, 0.15) is 52.9 Å². The van der Waals surface area contributed by atoms with Crippen LogP contribution in [0.15, 0.2) is 11.6 Å². The molecule has 4 heteroatoms. The Morgan fingerprint density at radius 2 is 1.50 bits per heavy atom. The number of rotatable bonds is 6. The fraction of sp³-hybridized carbons (Fsp3) is 0.667. The highest BCUT2D eigenvalue weighted by atomic mass is 16.4. The second kappa shape index (κ2) is 11.8. The maximum atomic E-state index is 10.4. The Balaban J connectivity index is 0. The van der Waals surface area contributed by atoms with Crippen LogP contribution in [0.25, 0.3) is 0 Å². The van der Waals surface area contributed by atoms with Gasteiger partial charge in [0.2, 0.25) is 0 Å². The Kier molecular flexibility index (Phi) is 12.6. The quantitative estimate of drug-likeness (QED) is 0.687. The van der Waals surface area contributed by atoms with Gasteiger partial charge in [0.15, 0.2) is 0 Å². The third-order valence-electron chi connectivity index (χ3n) is 1.87. The van der Waals surface area contributed by atoms with E-state index >= 15 is 0 Å². The van der Waals surface area contributed by atoms with Crippen molar-refractivity contribution in [3.05, 3.63) is 11.6 Å². The standard InChI is InChI=1S/C8H12O4.C4H10/c1-2-3-4-6(8(11)12)5-7(9)10;1-3-4-2/h5H,2-4H2,1H3,(H,9,10)(H,11,12);3-4H2,1-2H3/b6-5-;. The first-order chi connectivity index (χ1) is 7.49. The number of carbonyl (C=O) groups is 2. The minimum atomic E-state index is -1.21. The van der Waals surface area contributed by atoms with Gasteiger partial charge in [-0.15, -0.1) is 0 Å². The fourth-order valence-electron chi connectivity index (χ4n) is 0.757. The van der Waals surface area contributed by atoms with Gasteiger partial charge in [-0.1, -0.05) is 40.0 Å². The van der Waals surface area contributed by atoms with Crippen LogP contribution in [0, 0.1) is 0 Å². The second-order valence-corrected chi connectivity index (χ2v) is 3.42. The maximum absolute atomic E-state index is 10.4. The summed E-state index contributed by atoms with van der Waals surface area (Å²) in [7, 11) is 0. The van der Waals surface area contributed by atoms with Crippen LogP contribution < -0.4 is 0 Å². The predicted octanol–water partition coefficient (Wildman–Crippen LogP) is 3.08. The van der Waals surface area contributed by atoms with Crippen LogP contribution in [-0.2, 0) is 9.59 Å². The Morgan fingerprint density at radius 3 is 1.75 bits per heavy atom. The van der Waals surface area contributed by atoms with Crippen molar-refractivity contribution in [2.75, 3.05) is 0 Å². The zero-order chi connectivity index (χ0) is 13.0. The molecule has 16 heavy (non-hydrogen) atoms. The molecule has 0 aliphatic heterocycles. The van der Waals surface area contributed by atoms with E-state index in [4.69, 9.17) is 10.2 Å². The van der Waals surface area contributed by atoms with E-state index in [9.17, 15) is 9.59 Å². The van der Waals surface area contributed by atoms with E-state index in [1.807, 2.05) is 6.92 Å². The van der Waals surface area contributed by atoms with Crippen molar-refractivity contribution in [3.63, 3.8) is 0 Å². The van der Waals surface area contributed by atoms with E-state index in [1.54, 1.807) is 0 Å². The molecule has 4 nitrogen and oxygen atoms in total. The number of hydrogen-bond donors (Lipinski definition) is 2. The van der Waals surface area contributed by atoms with E-state index in [1.165, 1.54) is 12.8 Å². The summed E-state index contributed by atoms with van der Waals surface area (Å²) in [4.78, 5) is 20.5. The van der Waals surface area contributed by atoms with Crippen molar-refractivity contribution < 1.29 is 19.8 Å². The van der Waals surface area contributed by atoms with Crippen LogP contribution in [0.2, 0.25) is 0 Å². The van der Waals surface area contributed by atoms with Crippen LogP contribution in [0.3, 0.4) is 0 Å². The zero-order valence-corrected chi connectivity index (χ0v) is 10.3. The van der Waals surface area contributed by atoms with Gasteiger partial charge in [0.1, 0.15) is 0 Å². The molecule has 94 valence electrons. The van der Waals surface area contributed by atoms with Gasteiger partial charge in [-0.2, -0.15) is 0 Å². The SMILES string of the molecule is CCCC.CCCC/C(=C/C(=O)O)C(=O)O. The zero-order valence-electron chi connectivity index (χ0n) is 10.3. The summed E-state index contributed by atoms with van der Waals surface area (Å²) in [5.41, 5.74) is -0.0376. The molecule has 0 saturated carbocycles. The summed E-state index contributed by atoms with van der Waals surface area (Å²) in [5.74, 6) is -2.35. The molecule has 0 atom stereocenters. The highest BCUT2D eigenvalue weighted by molar-refractivity contribution is 5.94. The van der Waals surface area contributed by atoms with Crippen LogP contribution in [-0.4, -0.2) is 22.2 Å². The molecule has 0 aromatic rings. The average molecular weight is 230 g/mol. The smallest absolute Gasteiger partial charge is 0.331 e. The lowest BCUT2D eigenvalue weighted by atomic mass is 10.1. The summed E-state index contributed by atoms with van der Waals surface area (Å²) in [6, 6.07) is 0. The first-order valence-electron chi connectivity index (χ1n) is 5.66. The highest BCUT2D eigenvalue weighted by Gasteiger charge is 2.07. The second-order valence-electron chi connectivity index (χ2n) is 3.42. The number of carboxylic acid groups (broad SMARTS) is 2. The monoisotopic (exact) mass is 230 g/mol. The number of aliphatic carboxylic acids is 2. The van der Waals surface area contributed by atoms with Gasteiger partial charge in [-0.05, 0) is 12.8 Å². The highest BCUT2D eigenvalue weighted by Crippen LogP contribution is 2.06. The molecule has 0 saturated heterocycles. The lowest BCUT2D eigenvalue weighted by Crippen LogP contribution is -2.03. The normalized spacial score (nSPS) is 10.3. The van der Waals surface area contributed by atoms with E-state index in [0.29, 0.717) is 12.8 Å². The van der Waals surface area contributed by atoms with Crippen molar-refractivity contribution in [1.29, 1.82) is 0 Å². The molecule has 0 amide bonds. The van der Waals surface area contributed by atoms with Gasteiger partial charge in [0, 0.05) is 11.6 Å². The Bertz CT molecular complexity index is 229. The van der Waals surface area contributed by atoms with Gasteiger partial charge in [0.05, 0.1) is 0 Å². The van der Waals surface area contributed by atoms with Crippen LogP contribution >= 0.6 is 0 Å². The molecule has 0 aromatic carbocycles. The molecule has 0 rings (SSSR count). The molecule has 0 aliphatic rings. The first-order valence-corrected chi connectivity index (χ1v) is 5.66. The van der Waals surface area contributed by atoms with Crippen molar-refractivity contribution >= 4 is 11.9 Å². The van der Waals surface area contributed by atoms with Gasteiger partial charge < -0.3 is 10.2 Å². The molecule has 2 N–H and O–H groups in total. The summed E-state index contributed by atoms with van der Waals surface area (Å²) in [6.07, 6.45) is 5.26. The molecular formula is C12H22O4. The molecule has 0 spiro atoms. The molecular weight excluding hydrogens is 208 g/mol. The van der Waals surface area contributed by atoms with Crippen molar-refractivity contribution in [2.45, 2.75) is 52.9 Å². The minimum absolute atomic E-state index is 0.0376. The van der Waals surface area contributed by atoms with Gasteiger partial charge >= 0.3 is 11.9 Å². The molecule has 0 heterocycles. The molecule has 0 fully saturated rings. The third-order valence-corrected chi connectivity index (χ3v) is 1.87. The maximum Gasteiger partial charge on any atom is 0.331 e. The lowest BCUT2D eigenvalue weighted by molar-refractivity contribution is -0.135. The molecule has 0 unspecified atom stereocenters. The van der Waals surface area contributed by atoms with Crippen molar-refractivity contribution in [2.24, 2.45) is 0 Å². The lowest BCUT2D eigenvalue weighted by Gasteiger charge is -1.97. The topological polar surface area (TPSA) is 74.6 Å². The van der Waals surface area contributed by atoms with Crippen molar-refractivity contribution in [1.82, 2.24) is 0 Å². The Labute approximate surface area is 97.0 Å². The minimum Gasteiger partial charge on any atom is -0.478 e. The van der Waals surface area contributed by atoms with E-state index < -0.39 is 11.9 Å². The fourth-order valence-corrected chi connectivity index (χ4v) is 0.757. The number of carboxylic acids is 2. The summed E-state index contributed by atoms with van der Waals surface area (Å²) in [5, 5.41) is 16.8.